The standard InChI is InChI=1S/C22H21FN4O2/c1-27(9-14-5-4-13(8-25-14)12-2-3-12)22(28)16-6-15-17-10-29-11-18(17)21(24)26-20(15)7-19(16)23/h4-8,12H,2-3,9-11H2,1H3,(H2,24,26). The van der Waals surface area contributed by atoms with Crippen LogP contribution < -0.4 is 5.73 Å². The minimum Gasteiger partial charge on any atom is -0.383 e. The lowest BCUT2D eigenvalue weighted by atomic mass is 10.0. The van der Waals surface area contributed by atoms with Crippen LogP contribution >= 0.6 is 0 Å². The average molecular weight is 392 g/mol. The molecule has 1 aliphatic carbocycles. The number of carbonyl (C=O) groups excluding carboxylic acids is 1. The van der Waals surface area contributed by atoms with Crippen molar-refractivity contribution < 1.29 is 13.9 Å². The number of amides is 1. The van der Waals surface area contributed by atoms with Crippen molar-refractivity contribution in [2.75, 3.05) is 12.8 Å². The van der Waals surface area contributed by atoms with E-state index in [1.165, 1.54) is 29.4 Å². The second kappa shape index (κ2) is 6.77. The van der Waals surface area contributed by atoms with Gasteiger partial charge >= 0.3 is 0 Å². The average Bonchev–Trinajstić information content (AvgIpc) is 3.43. The third-order valence-corrected chi connectivity index (χ3v) is 5.69. The monoisotopic (exact) mass is 392 g/mol. The van der Waals surface area contributed by atoms with Crippen LogP contribution in [0.25, 0.3) is 10.9 Å². The molecule has 1 amide bonds. The smallest absolute Gasteiger partial charge is 0.256 e. The summed E-state index contributed by atoms with van der Waals surface area (Å²) in [5.41, 5.74) is 10.1. The fraction of sp³-hybridized carbons (Fsp3) is 0.318. The molecule has 0 unspecified atom stereocenters. The first-order valence-electron chi connectivity index (χ1n) is 9.70. The number of benzene rings is 1. The number of ether oxygens (including phenoxy) is 1. The van der Waals surface area contributed by atoms with Gasteiger partial charge in [-0.3, -0.25) is 9.78 Å². The summed E-state index contributed by atoms with van der Waals surface area (Å²) in [4.78, 5) is 23.2. The van der Waals surface area contributed by atoms with E-state index in [2.05, 4.69) is 16.0 Å². The number of pyridine rings is 2. The van der Waals surface area contributed by atoms with Crippen LogP contribution in [0.3, 0.4) is 0 Å². The molecule has 2 N–H and O–H groups in total. The summed E-state index contributed by atoms with van der Waals surface area (Å²) in [6, 6.07) is 6.83. The van der Waals surface area contributed by atoms with E-state index in [0.29, 0.717) is 42.4 Å². The Bertz CT molecular complexity index is 1130. The summed E-state index contributed by atoms with van der Waals surface area (Å²) in [6.45, 7) is 1.07. The molecule has 0 atom stereocenters. The SMILES string of the molecule is CN(Cc1ccc(C2CC2)cn1)C(=O)c1cc2c3c(c(N)nc2cc1F)COC3. The van der Waals surface area contributed by atoms with Crippen molar-refractivity contribution in [2.45, 2.75) is 38.5 Å². The summed E-state index contributed by atoms with van der Waals surface area (Å²) < 4.78 is 20.2. The number of nitrogens with zero attached hydrogens (tertiary/aromatic N) is 3. The van der Waals surface area contributed by atoms with Gasteiger partial charge in [-0.05, 0) is 42.0 Å². The number of halogens is 1. The quantitative estimate of drug-likeness (QED) is 0.735. The number of hydrogen-bond acceptors (Lipinski definition) is 5. The molecule has 0 bridgehead atoms. The predicted molar refractivity (Wildman–Crippen MR) is 107 cm³/mol. The van der Waals surface area contributed by atoms with E-state index in [-0.39, 0.29) is 5.56 Å². The molecule has 0 radical (unpaired) electrons. The number of aromatic nitrogens is 2. The minimum absolute atomic E-state index is 0.00951. The fourth-order valence-corrected chi connectivity index (χ4v) is 3.86. The summed E-state index contributed by atoms with van der Waals surface area (Å²) in [7, 11) is 1.65. The second-order valence-electron chi connectivity index (χ2n) is 7.81. The summed E-state index contributed by atoms with van der Waals surface area (Å²) in [5, 5.41) is 0.705. The molecule has 2 aromatic heterocycles. The third kappa shape index (κ3) is 3.21. The van der Waals surface area contributed by atoms with E-state index >= 15 is 0 Å². The van der Waals surface area contributed by atoms with Crippen molar-refractivity contribution in [3.63, 3.8) is 0 Å². The molecule has 29 heavy (non-hydrogen) atoms. The van der Waals surface area contributed by atoms with E-state index in [1.807, 2.05) is 12.3 Å². The van der Waals surface area contributed by atoms with Gasteiger partial charge in [0.1, 0.15) is 11.6 Å². The zero-order valence-corrected chi connectivity index (χ0v) is 16.1. The molecule has 0 saturated heterocycles. The fourth-order valence-electron chi connectivity index (χ4n) is 3.86. The lowest BCUT2D eigenvalue weighted by Gasteiger charge is -2.18. The molecule has 1 saturated carbocycles. The molecule has 7 heteroatoms. The Morgan fingerprint density at radius 2 is 2.07 bits per heavy atom. The van der Waals surface area contributed by atoms with E-state index in [9.17, 15) is 9.18 Å². The Morgan fingerprint density at radius 1 is 1.28 bits per heavy atom. The maximum atomic E-state index is 14.7. The van der Waals surface area contributed by atoms with Crippen LogP contribution in [0.1, 0.15) is 51.5 Å². The van der Waals surface area contributed by atoms with E-state index in [1.54, 1.807) is 13.1 Å². The van der Waals surface area contributed by atoms with E-state index < -0.39 is 11.7 Å². The molecule has 3 aromatic rings. The number of anilines is 1. The van der Waals surface area contributed by atoms with Crippen molar-refractivity contribution in [3.8, 4) is 0 Å². The summed E-state index contributed by atoms with van der Waals surface area (Å²) in [6.07, 6.45) is 4.31. The highest BCUT2D eigenvalue weighted by molar-refractivity contribution is 5.99. The Hall–Kier alpha value is -3.06. The van der Waals surface area contributed by atoms with Crippen molar-refractivity contribution in [3.05, 3.63) is 64.2 Å². The highest BCUT2D eigenvalue weighted by Crippen LogP contribution is 2.39. The number of nitrogen functional groups attached to an aromatic ring is 1. The number of fused-ring (bicyclic) bond motifs is 3. The zero-order valence-electron chi connectivity index (χ0n) is 16.1. The normalized spacial score (nSPS) is 15.5. The van der Waals surface area contributed by atoms with Gasteiger partial charge in [0.25, 0.3) is 5.91 Å². The maximum absolute atomic E-state index is 14.7. The summed E-state index contributed by atoms with van der Waals surface area (Å²) in [5.74, 6) is -0.0311. The molecule has 2 aliphatic rings. The lowest BCUT2D eigenvalue weighted by molar-refractivity contribution is 0.0779. The first-order valence-corrected chi connectivity index (χ1v) is 9.70. The van der Waals surface area contributed by atoms with Gasteiger partial charge in [-0.15, -0.1) is 0 Å². The van der Waals surface area contributed by atoms with Crippen LogP contribution in [-0.2, 0) is 24.5 Å². The largest absolute Gasteiger partial charge is 0.383 e. The van der Waals surface area contributed by atoms with Crippen LogP contribution in [0, 0.1) is 5.82 Å². The van der Waals surface area contributed by atoms with Crippen molar-refractivity contribution in [1.29, 1.82) is 0 Å². The summed E-state index contributed by atoms with van der Waals surface area (Å²) >= 11 is 0. The number of nitrogens with two attached hydrogens (primary N) is 1. The van der Waals surface area contributed by atoms with Gasteiger partial charge in [-0.1, -0.05) is 6.07 Å². The van der Waals surface area contributed by atoms with Crippen LogP contribution in [0.4, 0.5) is 10.2 Å². The maximum Gasteiger partial charge on any atom is 0.256 e. The molecular formula is C22H21FN4O2. The van der Waals surface area contributed by atoms with E-state index in [4.69, 9.17) is 10.5 Å². The molecule has 3 heterocycles. The molecule has 1 fully saturated rings. The molecule has 1 aromatic carbocycles. The zero-order chi connectivity index (χ0) is 20.1. The van der Waals surface area contributed by atoms with Gasteiger partial charge in [0.15, 0.2) is 0 Å². The molecule has 6 nitrogen and oxygen atoms in total. The molecule has 0 spiro atoms. The predicted octanol–water partition coefficient (Wildman–Crippen LogP) is 3.53. The third-order valence-electron chi connectivity index (χ3n) is 5.69. The first kappa shape index (κ1) is 18.0. The van der Waals surface area contributed by atoms with Gasteiger partial charge in [-0.25, -0.2) is 9.37 Å². The Labute approximate surface area is 167 Å². The molecule has 5 rings (SSSR count). The molecule has 1 aliphatic heterocycles. The highest BCUT2D eigenvalue weighted by atomic mass is 19.1. The van der Waals surface area contributed by atoms with Gasteiger partial charge in [0.2, 0.25) is 0 Å². The minimum atomic E-state index is -0.614. The van der Waals surface area contributed by atoms with Crippen molar-refractivity contribution in [2.24, 2.45) is 0 Å². The highest BCUT2D eigenvalue weighted by Gasteiger charge is 2.25. The van der Waals surface area contributed by atoms with Crippen LogP contribution in [0.5, 0.6) is 0 Å². The van der Waals surface area contributed by atoms with Crippen molar-refractivity contribution in [1.82, 2.24) is 14.9 Å². The molecule has 148 valence electrons. The Morgan fingerprint density at radius 3 is 2.79 bits per heavy atom. The number of rotatable bonds is 4. The lowest BCUT2D eigenvalue weighted by Crippen LogP contribution is -2.27. The Kier molecular flexibility index (Phi) is 4.20. The van der Waals surface area contributed by atoms with Gasteiger partial charge in [0, 0.05) is 30.3 Å². The van der Waals surface area contributed by atoms with Crippen LogP contribution in [-0.4, -0.2) is 27.8 Å². The number of carbonyl (C=O) groups is 1. The van der Waals surface area contributed by atoms with Crippen molar-refractivity contribution >= 4 is 22.6 Å². The van der Waals surface area contributed by atoms with E-state index in [0.717, 1.165) is 16.8 Å². The Balaban J connectivity index is 1.43. The van der Waals surface area contributed by atoms with Gasteiger partial charge < -0.3 is 15.4 Å². The molecular weight excluding hydrogens is 371 g/mol. The van der Waals surface area contributed by atoms with Crippen LogP contribution in [0.15, 0.2) is 30.5 Å². The first-order chi connectivity index (χ1) is 14.0. The second-order valence-corrected chi connectivity index (χ2v) is 7.81. The number of hydrogen-bond donors (Lipinski definition) is 1. The van der Waals surface area contributed by atoms with Crippen LogP contribution in [0.2, 0.25) is 0 Å². The van der Waals surface area contributed by atoms with Gasteiger partial charge in [-0.2, -0.15) is 0 Å². The topological polar surface area (TPSA) is 81.3 Å². The van der Waals surface area contributed by atoms with Gasteiger partial charge in [0.05, 0.1) is 36.5 Å².